The summed E-state index contributed by atoms with van der Waals surface area (Å²) < 4.78 is 3.37. The van der Waals surface area contributed by atoms with Crippen molar-refractivity contribution in [2.24, 2.45) is 0 Å². The first-order valence-electron chi connectivity index (χ1n) is 10.1. The largest absolute Gasteiger partial charge is 0.390 e. The van der Waals surface area contributed by atoms with E-state index in [1.807, 2.05) is 24.3 Å². The Bertz CT molecular complexity index is 1440. The maximum atomic E-state index is 10.8. The van der Waals surface area contributed by atoms with Gasteiger partial charge in [0.1, 0.15) is 11.4 Å². The molecule has 0 aliphatic carbocycles. The Kier molecular flexibility index (Phi) is 5.29. The molecule has 5 rings (SSSR count). The number of nitrogens with zero attached hydrogens (tertiary/aromatic N) is 8. The molecule has 2 aromatic carbocycles. The fraction of sp³-hybridized carbons (Fsp3) is 0.136. The summed E-state index contributed by atoms with van der Waals surface area (Å²) in [5.41, 5.74) is 4.70. The summed E-state index contributed by atoms with van der Waals surface area (Å²) in [5.74, 6) is 0. The zero-order valence-corrected chi connectivity index (χ0v) is 17.3. The van der Waals surface area contributed by atoms with Crippen molar-refractivity contribution >= 4 is 16.6 Å². The van der Waals surface area contributed by atoms with E-state index in [0.717, 1.165) is 27.7 Å². The SMILES string of the molecule is O=[N+]([O-])c1ccc(-c2cn(Cc3ccc4cc(Cn5cc(CO)nn5)ccc4n3)nn2)cc1. The van der Waals surface area contributed by atoms with Crippen molar-refractivity contribution in [3.8, 4) is 11.3 Å². The molecule has 11 nitrogen and oxygen atoms in total. The van der Waals surface area contributed by atoms with Gasteiger partial charge in [0.05, 0.1) is 48.2 Å². The van der Waals surface area contributed by atoms with Crippen molar-refractivity contribution in [1.29, 1.82) is 0 Å². The highest BCUT2D eigenvalue weighted by Gasteiger charge is 2.09. The van der Waals surface area contributed by atoms with Crippen molar-refractivity contribution in [1.82, 2.24) is 35.0 Å². The average molecular weight is 442 g/mol. The third kappa shape index (κ3) is 4.43. The maximum absolute atomic E-state index is 10.8. The Hall–Kier alpha value is -4.51. The molecule has 33 heavy (non-hydrogen) atoms. The predicted molar refractivity (Wildman–Crippen MR) is 118 cm³/mol. The van der Waals surface area contributed by atoms with Crippen LogP contribution in [0.3, 0.4) is 0 Å². The molecule has 164 valence electrons. The van der Waals surface area contributed by atoms with Crippen LogP contribution < -0.4 is 0 Å². The second-order valence-electron chi connectivity index (χ2n) is 7.50. The Morgan fingerprint density at radius 1 is 0.879 bits per heavy atom. The van der Waals surface area contributed by atoms with Crippen molar-refractivity contribution < 1.29 is 10.0 Å². The van der Waals surface area contributed by atoms with Crippen LogP contribution in [-0.2, 0) is 19.7 Å². The summed E-state index contributed by atoms with van der Waals surface area (Å²) in [7, 11) is 0. The predicted octanol–water partition coefficient (Wildman–Crippen LogP) is 2.58. The molecule has 3 heterocycles. The molecule has 3 aromatic heterocycles. The second-order valence-corrected chi connectivity index (χ2v) is 7.50. The molecule has 0 radical (unpaired) electrons. The fourth-order valence-electron chi connectivity index (χ4n) is 3.51. The molecule has 0 amide bonds. The van der Waals surface area contributed by atoms with E-state index in [1.54, 1.807) is 33.9 Å². The van der Waals surface area contributed by atoms with Gasteiger partial charge in [-0.15, -0.1) is 10.2 Å². The zero-order valence-electron chi connectivity index (χ0n) is 17.3. The van der Waals surface area contributed by atoms with Crippen molar-refractivity contribution in [2.75, 3.05) is 0 Å². The molecule has 0 aliphatic rings. The summed E-state index contributed by atoms with van der Waals surface area (Å²) in [6, 6.07) is 16.2. The van der Waals surface area contributed by atoms with Gasteiger partial charge in [-0.1, -0.05) is 22.6 Å². The number of rotatable bonds is 7. The Labute approximate surface area is 187 Å². The minimum atomic E-state index is -0.434. The van der Waals surface area contributed by atoms with Crippen LogP contribution in [0.4, 0.5) is 5.69 Å². The van der Waals surface area contributed by atoms with E-state index in [2.05, 4.69) is 26.7 Å². The van der Waals surface area contributed by atoms with Crippen LogP contribution in [0.15, 0.2) is 67.0 Å². The van der Waals surface area contributed by atoms with Crippen LogP contribution in [0.5, 0.6) is 0 Å². The monoisotopic (exact) mass is 442 g/mol. The number of pyridine rings is 1. The van der Waals surface area contributed by atoms with E-state index < -0.39 is 4.92 Å². The molecule has 5 aromatic rings. The number of aliphatic hydroxyl groups is 1. The van der Waals surface area contributed by atoms with Gasteiger partial charge in [-0.2, -0.15) is 0 Å². The van der Waals surface area contributed by atoms with E-state index in [0.29, 0.717) is 24.5 Å². The van der Waals surface area contributed by atoms with E-state index in [4.69, 9.17) is 10.1 Å². The van der Waals surface area contributed by atoms with Crippen LogP contribution in [0.25, 0.3) is 22.2 Å². The van der Waals surface area contributed by atoms with E-state index >= 15 is 0 Å². The van der Waals surface area contributed by atoms with Gasteiger partial charge in [-0.3, -0.25) is 15.1 Å². The number of nitro benzene ring substituents is 1. The van der Waals surface area contributed by atoms with Crippen molar-refractivity contribution in [3.63, 3.8) is 0 Å². The highest BCUT2D eigenvalue weighted by Crippen LogP contribution is 2.21. The van der Waals surface area contributed by atoms with Gasteiger partial charge in [0, 0.05) is 23.1 Å². The molecular formula is C22H18N8O3. The third-order valence-electron chi connectivity index (χ3n) is 5.14. The van der Waals surface area contributed by atoms with Gasteiger partial charge in [-0.25, -0.2) is 9.36 Å². The fourth-order valence-corrected chi connectivity index (χ4v) is 3.51. The van der Waals surface area contributed by atoms with Crippen LogP contribution in [0, 0.1) is 10.1 Å². The summed E-state index contributed by atoms with van der Waals surface area (Å²) in [6.45, 7) is 0.862. The number of fused-ring (bicyclic) bond motifs is 1. The van der Waals surface area contributed by atoms with E-state index in [1.165, 1.54) is 12.1 Å². The standard InChI is InChI=1S/C22H18N8O3/c31-14-19-12-28(26-24-19)10-15-1-8-21-17(9-15)2-5-18(23-21)11-29-13-22(25-27-29)16-3-6-20(7-4-16)30(32)33/h1-9,12-13,31H,10-11,14H2. The first kappa shape index (κ1) is 20.4. The van der Waals surface area contributed by atoms with Gasteiger partial charge in [-0.05, 0) is 35.9 Å². The number of non-ortho nitro benzene ring substituents is 1. The highest BCUT2D eigenvalue weighted by molar-refractivity contribution is 5.79. The third-order valence-corrected chi connectivity index (χ3v) is 5.14. The average Bonchev–Trinajstić information content (AvgIpc) is 3.49. The van der Waals surface area contributed by atoms with Crippen LogP contribution in [0.1, 0.15) is 17.0 Å². The zero-order chi connectivity index (χ0) is 22.8. The lowest BCUT2D eigenvalue weighted by Crippen LogP contribution is -2.03. The summed E-state index contributed by atoms with van der Waals surface area (Å²) in [6.07, 6.45) is 3.50. The van der Waals surface area contributed by atoms with E-state index in [9.17, 15) is 10.1 Å². The topological polar surface area (TPSA) is 138 Å². The number of benzene rings is 2. The summed E-state index contributed by atoms with van der Waals surface area (Å²) in [4.78, 5) is 15.1. The summed E-state index contributed by atoms with van der Waals surface area (Å²) >= 11 is 0. The van der Waals surface area contributed by atoms with Crippen LogP contribution in [-0.4, -0.2) is 45.0 Å². The summed E-state index contributed by atoms with van der Waals surface area (Å²) in [5, 5.41) is 37.2. The first-order valence-corrected chi connectivity index (χ1v) is 10.1. The maximum Gasteiger partial charge on any atom is 0.269 e. The number of aromatic nitrogens is 7. The molecule has 0 atom stereocenters. The number of hydrogen-bond acceptors (Lipinski definition) is 8. The Balaban J connectivity index is 1.30. The molecule has 0 aliphatic heterocycles. The van der Waals surface area contributed by atoms with Gasteiger partial charge < -0.3 is 5.11 Å². The molecule has 0 fully saturated rings. The Morgan fingerprint density at radius 2 is 1.67 bits per heavy atom. The molecule has 0 saturated heterocycles. The van der Waals surface area contributed by atoms with Gasteiger partial charge >= 0.3 is 0 Å². The first-order chi connectivity index (χ1) is 16.1. The molecular weight excluding hydrogens is 424 g/mol. The molecule has 0 spiro atoms. The molecule has 11 heteroatoms. The molecule has 0 bridgehead atoms. The van der Waals surface area contributed by atoms with Gasteiger partial charge in [0.15, 0.2) is 0 Å². The minimum absolute atomic E-state index is 0.0332. The number of aliphatic hydroxyl groups excluding tert-OH is 1. The van der Waals surface area contributed by atoms with Gasteiger partial charge in [0.2, 0.25) is 0 Å². The lowest BCUT2D eigenvalue weighted by Gasteiger charge is -2.06. The highest BCUT2D eigenvalue weighted by atomic mass is 16.6. The molecule has 0 saturated carbocycles. The molecule has 0 unspecified atom stereocenters. The number of nitro groups is 1. The van der Waals surface area contributed by atoms with E-state index in [-0.39, 0.29) is 12.3 Å². The van der Waals surface area contributed by atoms with Crippen molar-refractivity contribution in [2.45, 2.75) is 19.7 Å². The number of hydrogen-bond donors (Lipinski definition) is 1. The van der Waals surface area contributed by atoms with Crippen molar-refractivity contribution in [3.05, 3.63) is 94.1 Å². The normalized spacial score (nSPS) is 11.2. The second kappa shape index (κ2) is 8.55. The van der Waals surface area contributed by atoms with Crippen LogP contribution in [0.2, 0.25) is 0 Å². The Morgan fingerprint density at radius 3 is 2.42 bits per heavy atom. The molecule has 1 N–H and O–H groups in total. The minimum Gasteiger partial charge on any atom is -0.390 e. The van der Waals surface area contributed by atoms with Crippen LogP contribution >= 0.6 is 0 Å². The quantitative estimate of drug-likeness (QED) is 0.300. The lowest BCUT2D eigenvalue weighted by atomic mass is 10.1. The smallest absolute Gasteiger partial charge is 0.269 e. The lowest BCUT2D eigenvalue weighted by molar-refractivity contribution is -0.384. The van der Waals surface area contributed by atoms with Gasteiger partial charge in [0.25, 0.3) is 5.69 Å².